The molecule has 1 saturated carbocycles. The monoisotopic (exact) mass is 319 g/mol. The van der Waals surface area contributed by atoms with Crippen LogP contribution in [-0.2, 0) is 9.47 Å². The highest BCUT2D eigenvalue weighted by molar-refractivity contribution is 5.93. The van der Waals surface area contributed by atoms with E-state index in [0.717, 1.165) is 51.5 Å². The molecule has 0 unspecified atom stereocenters. The van der Waals surface area contributed by atoms with Crippen molar-refractivity contribution in [1.82, 2.24) is 4.90 Å². The molecule has 126 valence electrons. The fourth-order valence-electron chi connectivity index (χ4n) is 3.96. The highest BCUT2D eigenvalue weighted by Crippen LogP contribution is 2.41. The number of furan rings is 1. The third-order valence-corrected chi connectivity index (χ3v) is 5.48. The zero-order chi connectivity index (χ0) is 15.7. The summed E-state index contributed by atoms with van der Waals surface area (Å²) in [6.07, 6.45) is 8.95. The predicted molar refractivity (Wildman–Crippen MR) is 84.2 cm³/mol. The summed E-state index contributed by atoms with van der Waals surface area (Å²) in [5.74, 6) is 0.825. The molecule has 3 fully saturated rings. The lowest BCUT2D eigenvalue weighted by atomic mass is 9.73. The molecule has 0 aromatic carbocycles. The van der Waals surface area contributed by atoms with Gasteiger partial charge in [-0.25, -0.2) is 0 Å². The molecule has 5 nitrogen and oxygen atoms in total. The van der Waals surface area contributed by atoms with Crippen molar-refractivity contribution >= 4 is 5.91 Å². The van der Waals surface area contributed by atoms with Crippen molar-refractivity contribution in [3.05, 3.63) is 24.2 Å². The average Bonchev–Trinajstić information content (AvgIpc) is 3.24. The van der Waals surface area contributed by atoms with Gasteiger partial charge in [0.25, 0.3) is 5.91 Å². The molecule has 23 heavy (non-hydrogen) atoms. The molecule has 1 aromatic heterocycles. The number of hydrogen-bond acceptors (Lipinski definition) is 4. The van der Waals surface area contributed by atoms with Crippen LogP contribution in [-0.4, -0.2) is 49.8 Å². The number of piperidine rings is 1. The lowest BCUT2D eigenvalue weighted by Crippen LogP contribution is -2.58. The van der Waals surface area contributed by atoms with Crippen LogP contribution in [0.1, 0.15) is 42.5 Å². The van der Waals surface area contributed by atoms with Crippen LogP contribution in [0, 0.1) is 11.3 Å². The van der Waals surface area contributed by atoms with Gasteiger partial charge in [-0.2, -0.15) is 0 Å². The van der Waals surface area contributed by atoms with Gasteiger partial charge < -0.3 is 18.8 Å². The SMILES string of the molecule is O=C(c1ccoc1)N1CC[C@@H]2OCCC[C@]2(COCC2CC2)C1. The van der Waals surface area contributed by atoms with Gasteiger partial charge in [-0.1, -0.05) is 0 Å². The minimum absolute atomic E-state index is 0.0369. The minimum Gasteiger partial charge on any atom is -0.472 e. The number of ether oxygens (including phenoxy) is 2. The Labute approximate surface area is 136 Å². The normalized spacial score (nSPS) is 31.0. The quantitative estimate of drug-likeness (QED) is 0.837. The van der Waals surface area contributed by atoms with Crippen molar-refractivity contribution in [2.24, 2.45) is 11.3 Å². The number of amides is 1. The first-order valence-electron chi connectivity index (χ1n) is 8.78. The van der Waals surface area contributed by atoms with Crippen LogP contribution in [0.2, 0.25) is 0 Å². The van der Waals surface area contributed by atoms with Crippen LogP contribution in [0.5, 0.6) is 0 Å². The number of carbonyl (C=O) groups is 1. The molecule has 1 aromatic rings. The van der Waals surface area contributed by atoms with Gasteiger partial charge in [0.05, 0.1) is 24.5 Å². The maximum atomic E-state index is 12.7. The summed E-state index contributed by atoms with van der Waals surface area (Å²) in [4.78, 5) is 14.6. The summed E-state index contributed by atoms with van der Waals surface area (Å²) < 4.78 is 17.1. The van der Waals surface area contributed by atoms with Gasteiger partial charge in [-0.05, 0) is 44.1 Å². The van der Waals surface area contributed by atoms with Crippen molar-refractivity contribution < 1.29 is 18.7 Å². The number of likely N-dealkylation sites (tertiary alicyclic amines) is 1. The van der Waals surface area contributed by atoms with E-state index in [1.165, 1.54) is 19.1 Å². The Kier molecular flexibility index (Phi) is 4.16. The number of nitrogens with zero attached hydrogens (tertiary/aromatic N) is 1. The molecule has 5 heteroatoms. The molecule has 3 aliphatic rings. The maximum Gasteiger partial charge on any atom is 0.257 e. The Morgan fingerprint density at radius 3 is 3.09 bits per heavy atom. The van der Waals surface area contributed by atoms with E-state index in [1.54, 1.807) is 12.3 Å². The van der Waals surface area contributed by atoms with Crippen LogP contribution < -0.4 is 0 Å². The van der Waals surface area contributed by atoms with E-state index in [4.69, 9.17) is 13.9 Å². The van der Waals surface area contributed by atoms with E-state index in [1.807, 2.05) is 4.90 Å². The highest BCUT2D eigenvalue weighted by Gasteiger charge is 2.47. The first kappa shape index (κ1) is 15.2. The van der Waals surface area contributed by atoms with Crippen molar-refractivity contribution in [2.75, 3.05) is 32.9 Å². The molecule has 4 rings (SSSR count). The molecule has 2 saturated heterocycles. The van der Waals surface area contributed by atoms with Crippen LogP contribution in [0.3, 0.4) is 0 Å². The third kappa shape index (κ3) is 3.17. The van der Waals surface area contributed by atoms with Crippen molar-refractivity contribution in [1.29, 1.82) is 0 Å². The Morgan fingerprint density at radius 1 is 1.39 bits per heavy atom. The molecule has 2 aliphatic heterocycles. The smallest absolute Gasteiger partial charge is 0.257 e. The van der Waals surface area contributed by atoms with E-state index in [2.05, 4.69) is 0 Å². The van der Waals surface area contributed by atoms with Gasteiger partial charge in [-0.3, -0.25) is 4.79 Å². The van der Waals surface area contributed by atoms with Crippen molar-refractivity contribution in [2.45, 2.75) is 38.2 Å². The van der Waals surface area contributed by atoms with Gasteiger partial charge >= 0.3 is 0 Å². The van der Waals surface area contributed by atoms with E-state index < -0.39 is 0 Å². The zero-order valence-corrected chi connectivity index (χ0v) is 13.5. The van der Waals surface area contributed by atoms with Crippen LogP contribution >= 0.6 is 0 Å². The second kappa shape index (κ2) is 6.29. The Balaban J connectivity index is 1.46. The van der Waals surface area contributed by atoms with E-state index in [9.17, 15) is 4.79 Å². The lowest BCUT2D eigenvalue weighted by Gasteiger charge is -2.50. The predicted octanol–water partition coefficient (Wildman–Crippen LogP) is 2.72. The second-order valence-electron chi connectivity index (χ2n) is 7.31. The Hall–Kier alpha value is -1.33. The third-order valence-electron chi connectivity index (χ3n) is 5.48. The highest BCUT2D eigenvalue weighted by atomic mass is 16.5. The summed E-state index contributed by atoms with van der Waals surface area (Å²) in [5.41, 5.74) is 0.597. The minimum atomic E-state index is -0.0369. The fraction of sp³-hybridized carbons (Fsp3) is 0.722. The molecule has 1 aliphatic carbocycles. The molecule has 2 atom stereocenters. The summed E-state index contributed by atoms with van der Waals surface area (Å²) in [6.45, 7) is 3.89. The van der Waals surface area contributed by atoms with Gasteiger partial charge in [-0.15, -0.1) is 0 Å². The van der Waals surface area contributed by atoms with Crippen LogP contribution in [0.15, 0.2) is 23.0 Å². The Bertz CT molecular complexity index is 539. The lowest BCUT2D eigenvalue weighted by molar-refractivity contribution is -0.147. The van der Waals surface area contributed by atoms with Crippen LogP contribution in [0.25, 0.3) is 0 Å². The van der Waals surface area contributed by atoms with Crippen molar-refractivity contribution in [3.8, 4) is 0 Å². The van der Waals surface area contributed by atoms with Crippen molar-refractivity contribution in [3.63, 3.8) is 0 Å². The standard InChI is InChI=1S/C18H25NO4/c20-17(15-5-9-21-11-15)19-7-4-16-18(12-19,6-1-8-23-16)13-22-10-14-2-3-14/h5,9,11,14,16H,1-4,6-8,10,12-13H2/t16-,18+/m0/s1. The first-order chi connectivity index (χ1) is 11.3. The molecule has 0 spiro atoms. The average molecular weight is 319 g/mol. The summed E-state index contributed by atoms with van der Waals surface area (Å²) in [7, 11) is 0. The van der Waals surface area contributed by atoms with E-state index >= 15 is 0 Å². The topological polar surface area (TPSA) is 51.9 Å². The van der Waals surface area contributed by atoms with Gasteiger partial charge in [0.15, 0.2) is 0 Å². The van der Waals surface area contributed by atoms with Gasteiger partial charge in [0.1, 0.15) is 6.26 Å². The number of hydrogen-bond donors (Lipinski definition) is 0. The molecule has 3 heterocycles. The van der Waals surface area contributed by atoms with Gasteiger partial charge in [0.2, 0.25) is 0 Å². The number of fused-ring (bicyclic) bond motifs is 1. The summed E-state index contributed by atoms with van der Waals surface area (Å²) in [5, 5.41) is 0. The van der Waals surface area contributed by atoms with Crippen LogP contribution in [0.4, 0.5) is 0 Å². The maximum absolute atomic E-state index is 12.7. The van der Waals surface area contributed by atoms with E-state index in [0.29, 0.717) is 12.2 Å². The molecule has 0 radical (unpaired) electrons. The molecular formula is C18H25NO4. The Morgan fingerprint density at radius 2 is 2.30 bits per heavy atom. The molecular weight excluding hydrogens is 294 g/mol. The number of rotatable bonds is 5. The zero-order valence-electron chi connectivity index (χ0n) is 13.5. The summed E-state index contributed by atoms with van der Waals surface area (Å²) in [6, 6.07) is 1.74. The molecule has 0 bridgehead atoms. The molecule has 1 amide bonds. The summed E-state index contributed by atoms with van der Waals surface area (Å²) >= 11 is 0. The fourth-order valence-corrected chi connectivity index (χ4v) is 3.96. The number of carbonyl (C=O) groups excluding carboxylic acids is 1. The largest absolute Gasteiger partial charge is 0.472 e. The first-order valence-corrected chi connectivity index (χ1v) is 8.78. The van der Waals surface area contributed by atoms with E-state index in [-0.39, 0.29) is 17.4 Å². The van der Waals surface area contributed by atoms with Gasteiger partial charge in [0, 0.05) is 31.7 Å². The second-order valence-corrected chi connectivity index (χ2v) is 7.31. The molecule has 0 N–H and O–H groups in total.